The lowest BCUT2D eigenvalue weighted by molar-refractivity contribution is 0.0857. The first-order valence-electron chi connectivity index (χ1n) is 7.00. The Labute approximate surface area is 118 Å². The van der Waals surface area contributed by atoms with Gasteiger partial charge in [-0.1, -0.05) is 17.7 Å². The lowest BCUT2D eigenvalue weighted by atomic mass is 10.1. The zero-order valence-corrected chi connectivity index (χ0v) is 14.0. The van der Waals surface area contributed by atoms with Crippen molar-refractivity contribution in [3.63, 3.8) is 0 Å². The average Bonchev–Trinajstić information content (AvgIpc) is 2.28. The van der Waals surface area contributed by atoms with Crippen molar-refractivity contribution in [2.24, 2.45) is 0 Å². The van der Waals surface area contributed by atoms with E-state index >= 15 is 0 Å². The van der Waals surface area contributed by atoms with Gasteiger partial charge in [-0.2, -0.15) is 0 Å². The minimum Gasteiger partial charge on any atom is -0.370 e. The summed E-state index contributed by atoms with van der Waals surface area (Å²) in [6.45, 7) is 14.1. The maximum absolute atomic E-state index is 5.99. The summed E-state index contributed by atoms with van der Waals surface area (Å²) < 4.78 is 18.0. The summed E-state index contributed by atoms with van der Waals surface area (Å²) in [6, 6.07) is 4.34. The fraction of sp³-hybridized carbons (Fsp3) is 0.600. The normalized spacial score (nSPS) is 11.9. The second-order valence-corrected chi connectivity index (χ2v) is 7.11. The Bertz CT molecular complexity index is 378. The van der Waals surface area contributed by atoms with E-state index in [2.05, 4.69) is 32.9 Å². The molecule has 0 saturated heterocycles. The van der Waals surface area contributed by atoms with Gasteiger partial charge >= 0.3 is 8.80 Å². The second-order valence-electron chi connectivity index (χ2n) is 4.63. The molecule has 0 aliphatic heterocycles. The third-order valence-electron chi connectivity index (χ3n) is 2.99. The molecule has 0 amide bonds. The second kappa shape index (κ2) is 7.19. The highest BCUT2D eigenvalue weighted by molar-refractivity contribution is 6.76. The molecule has 19 heavy (non-hydrogen) atoms. The molecule has 0 saturated carbocycles. The first-order chi connectivity index (χ1) is 9.00. The highest BCUT2D eigenvalue weighted by atomic mass is 28.4. The fourth-order valence-corrected chi connectivity index (χ4v) is 5.51. The van der Waals surface area contributed by atoms with E-state index < -0.39 is 8.80 Å². The Morgan fingerprint density at radius 3 is 1.47 bits per heavy atom. The number of aryl methyl sites for hydroxylation is 3. The van der Waals surface area contributed by atoms with Crippen molar-refractivity contribution in [1.29, 1.82) is 0 Å². The molecule has 0 spiro atoms. The van der Waals surface area contributed by atoms with Crippen LogP contribution >= 0.6 is 0 Å². The van der Waals surface area contributed by atoms with Crippen molar-refractivity contribution in [2.45, 2.75) is 41.5 Å². The van der Waals surface area contributed by atoms with Gasteiger partial charge in [-0.25, -0.2) is 0 Å². The third kappa shape index (κ3) is 3.66. The minimum atomic E-state index is -2.78. The van der Waals surface area contributed by atoms with E-state index in [0.717, 1.165) is 5.19 Å². The summed E-state index contributed by atoms with van der Waals surface area (Å²) in [7, 11) is -2.78. The summed E-state index contributed by atoms with van der Waals surface area (Å²) in [5, 5.41) is 1.13. The Hall–Kier alpha value is -0.683. The van der Waals surface area contributed by atoms with E-state index in [1.807, 2.05) is 20.8 Å². The number of benzene rings is 1. The quantitative estimate of drug-likeness (QED) is 0.720. The highest BCUT2D eigenvalue weighted by Crippen LogP contribution is 2.17. The average molecular weight is 282 g/mol. The lowest BCUT2D eigenvalue weighted by Gasteiger charge is -2.31. The smallest absolute Gasteiger partial charge is 0.370 e. The molecule has 1 aromatic rings. The molecule has 0 bridgehead atoms. The van der Waals surface area contributed by atoms with Crippen LogP contribution in [0.5, 0.6) is 0 Å². The Morgan fingerprint density at radius 1 is 0.789 bits per heavy atom. The summed E-state index contributed by atoms with van der Waals surface area (Å²) in [5.74, 6) is 0. The first-order valence-corrected chi connectivity index (χ1v) is 8.73. The van der Waals surface area contributed by atoms with E-state index in [0.29, 0.717) is 19.8 Å². The molecule has 0 unspecified atom stereocenters. The van der Waals surface area contributed by atoms with E-state index in [-0.39, 0.29) is 0 Å². The van der Waals surface area contributed by atoms with Crippen LogP contribution in [0.1, 0.15) is 37.5 Å². The Kier molecular flexibility index (Phi) is 6.20. The number of rotatable bonds is 7. The standard InChI is InChI=1S/C15H26O3Si/c1-7-16-19(17-8-2,18-9-3)15-13(5)10-12(4)11-14(15)6/h10-11H,7-9H2,1-6H3. The van der Waals surface area contributed by atoms with E-state index in [9.17, 15) is 0 Å². The SMILES string of the molecule is CCO[Si](OCC)(OCC)c1c(C)cc(C)cc1C. The van der Waals surface area contributed by atoms with Crippen molar-refractivity contribution in [2.75, 3.05) is 19.8 Å². The number of hydrogen-bond acceptors (Lipinski definition) is 3. The molecule has 0 fully saturated rings. The van der Waals surface area contributed by atoms with Gasteiger partial charge in [0.2, 0.25) is 0 Å². The Balaban J connectivity index is 3.37. The van der Waals surface area contributed by atoms with Crippen molar-refractivity contribution < 1.29 is 13.3 Å². The zero-order chi connectivity index (χ0) is 14.5. The predicted octanol–water partition coefficient (Wildman–Crippen LogP) is 2.87. The van der Waals surface area contributed by atoms with Crippen LogP contribution in [0.3, 0.4) is 0 Å². The van der Waals surface area contributed by atoms with Gasteiger partial charge in [0.15, 0.2) is 0 Å². The molecule has 1 rings (SSSR count). The van der Waals surface area contributed by atoms with Crippen LogP contribution in [0.4, 0.5) is 0 Å². The first kappa shape index (κ1) is 16.4. The van der Waals surface area contributed by atoms with Crippen molar-refractivity contribution in [1.82, 2.24) is 0 Å². The summed E-state index contributed by atoms with van der Waals surface area (Å²) >= 11 is 0. The topological polar surface area (TPSA) is 27.7 Å². The van der Waals surface area contributed by atoms with Crippen LogP contribution < -0.4 is 5.19 Å². The van der Waals surface area contributed by atoms with Crippen LogP contribution in [0.25, 0.3) is 0 Å². The maximum Gasteiger partial charge on any atom is 0.537 e. The molecule has 0 aliphatic rings. The molecule has 0 atom stereocenters. The van der Waals surface area contributed by atoms with Crippen molar-refractivity contribution in [3.05, 3.63) is 28.8 Å². The van der Waals surface area contributed by atoms with E-state index in [1.54, 1.807) is 0 Å². The summed E-state index contributed by atoms with van der Waals surface area (Å²) in [4.78, 5) is 0. The van der Waals surface area contributed by atoms with Crippen molar-refractivity contribution >= 4 is 14.0 Å². The third-order valence-corrected chi connectivity index (χ3v) is 6.39. The van der Waals surface area contributed by atoms with Crippen LogP contribution in [0.15, 0.2) is 12.1 Å². The molecule has 0 N–H and O–H groups in total. The van der Waals surface area contributed by atoms with Crippen LogP contribution in [-0.4, -0.2) is 28.6 Å². The molecule has 3 nitrogen and oxygen atoms in total. The van der Waals surface area contributed by atoms with Gasteiger partial charge in [-0.3, -0.25) is 0 Å². The molecule has 1 aromatic carbocycles. The molecule has 108 valence electrons. The van der Waals surface area contributed by atoms with Crippen molar-refractivity contribution in [3.8, 4) is 0 Å². The van der Waals surface area contributed by atoms with Gasteiger partial charge in [-0.15, -0.1) is 0 Å². The van der Waals surface area contributed by atoms with Crippen LogP contribution in [0, 0.1) is 20.8 Å². The lowest BCUT2D eigenvalue weighted by Crippen LogP contribution is -2.58. The van der Waals surface area contributed by atoms with Gasteiger partial charge in [0.25, 0.3) is 0 Å². The van der Waals surface area contributed by atoms with E-state index in [4.69, 9.17) is 13.3 Å². The molecule has 0 heterocycles. The monoisotopic (exact) mass is 282 g/mol. The Morgan fingerprint density at radius 2 is 1.16 bits per heavy atom. The fourth-order valence-electron chi connectivity index (χ4n) is 2.57. The predicted molar refractivity (Wildman–Crippen MR) is 80.9 cm³/mol. The largest absolute Gasteiger partial charge is 0.537 e. The maximum atomic E-state index is 5.99. The highest BCUT2D eigenvalue weighted by Gasteiger charge is 2.45. The molecular weight excluding hydrogens is 256 g/mol. The van der Waals surface area contributed by atoms with Gasteiger partial charge < -0.3 is 13.3 Å². The summed E-state index contributed by atoms with van der Waals surface area (Å²) in [5.41, 5.74) is 3.64. The van der Waals surface area contributed by atoms with Crippen LogP contribution in [0.2, 0.25) is 0 Å². The zero-order valence-electron chi connectivity index (χ0n) is 13.0. The minimum absolute atomic E-state index is 0.596. The van der Waals surface area contributed by atoms with Gasteiger partial charge in [-0.05, 0) is 52.7 Å². The molecule has 0 aromatic heterocycles. The molecular formula is C15H26O3Si. The van der Waals surface area contributed by atoms with E-state index in [1.165, 1.54) is 16.7 Å². The molecule has 4 heteroatoms. The summed E-state index contributed by atoms with van der Waals surface area (Å²) in [6.07, 6.45) is 0. The molecule has 0 aliphatic carbocycles. The molecule has 0 radical (unpaired) electrons. The van der Waals surface area contributed by atoms with Gasteiger partial charge in [0.1, 0.15) is 0 Å². The van der Waals surface area contributed by atoms with Gasteiger partial charge in [0.05, 0.1) is 0 Å². The number of hydrogen-bond donors (Lipinski definition) is 0. The van der Waals surface area contributed by atoms with Gasteiger partial charge in [0, 0.05) is 25.0 Å². The van der Waals surface area contributed by atoms with Crippen LogP contribution in [-0.2, 0) is 13.3 Å².